The van der Waals surface area contributed by atoms with Crippen LogP contribution in [0.4, 0.5) is 5.82 Å². The lowest BCUT2D eigenvalue weighted by molar-refractivity contribution is 0.414. The number of methoxy groups -OCH3 is 1. The molecule has 5 heteroatoms. The predicted molar refractivity (Wildman–Crippen MR) is 70.8 cm³/mol. The molecule has 17 heavy (non-hydrogen) atoms. The molecule has 0 aliphatic carbocycles. The Morgan fingerprint density at radius 3 is 2.82 bits per heavy atom. The molecule has 0 saturated carbocycles. The number of anilines is 1. The van der Waals surface area contributed by atoms with Gasteiger partial charge in [0, 0.05) is 22.4 Å². The van der Waals surface area contributed by atoms with E-state index in [1.165, 1.54) is 4.88 Å². The zero-order valence-electron chi connectivity index (χ0n) is 10.2. The topological polar surface area (TPSA) is 47.0 Å². The Hall–Kier alpha value is -1.62. The van der Waals surface area contributed by atoms with Gasteiger partial charge in [0.2, 0.25) is 0 Å². The lowest BCUT2D eigenvalue weighted by Gasteiger charge is -2.11. The molecular weight excluding hydrogens is 234 g/mol. The number of hydrogen-bond acceptors (Lipinski definition) is 5. The van der Waals surface area contributed by atoms with Crippen molar-refractivity contribution in [2.24, 2.45) is 0 Å². The number of aromatic nitrogens is 2. The molecule has 0 aromatic carbocycles. The SMILES string of the molecule is CCNc1ncnc(-c2csc(C)c2)c1OC. The van der Waals surface area contributed by atoms with E-state index in [2.05, 4.69) is 33.7 Å². The highest BCUT2D eigenvalue weighted by molar-refractivity contribution is 7.10. The highest BCUT2D eigenvalue weighted by Gasteiger charge is 2.14. The first-order valence-electron chi connectivity index (χ1n) is 5.44. The van der Waals surface area contributed by atoms with E-state index in [-0.39, 0.29) is 0 Å². The summed E-state index contributed by atoms with van der Waals surface area (Å²) in [4.78, 5) is 9.75. The van der Waals surface area contributed by atoms with Crippen molar-refractivity contribution in [1.82, 2.24) is 9.97 Å². The maximum absolute atomic E-state index is 5.41. The number of aryl methyl sites for hydroxylation is 1. The van der Waals surface area contributed by atoms with Crippen molar-refractivity contribution in [2.75, 3.05) is 19.0 Å². The molecule has 0 fully saturated rings. The molecular formula is C12H15N3OS. The molecule has 0 aliphatic rings. The number of thiophene rings is 1. The normalized spacial score (nSPS) is 10.3. The molecule has 0 aliphatic heterocycles. The van der Waals surface area contributed by atoms with Gasteiger partial charge in [0.25, 0.3) is 0 Å². The van der Waals surface area contributed by atoms with Gasteiger partial charge in [-0.05, 0) is 19.9 Å². The van der Waals surface area contributed by atoms with E-state index in [1.54, 1.807) is 24.8 Å². The van der Waals surface area contributed by atoms with Gasteiger partial charge < -0.3 is 10.1 Å². The number of nitrogens with one attached hydrogen (secondary N) is 1. The minimum absolute atomic E-state index is 0.701. The summed E-state index contributed by atoms with van der Waals surface area (Å²) in [6.45, 7) is 4.90. The molecule has 90 valence electrons. The van der Waals surface area contributed by atoms with E-state index in [0.717, 1.165) is 23.6 Å². The maximum Gasteiger partial charge on any atom is 0.187 e. The minimum Gasteiger partial charge on any atom is -0.491 e. The first-order chi connectivity index (χ1) is 8.26. The van der Waals surface area contributed by atoms with Crippen LogP contribution in [-0.4, -0.2) is 23.6 Å². The second kappa shape index (κ2) is 5.14. The smallest absolute Gasteiger partial charge is 0.187 e. The van der Waals surface area contributed by atoms with Crippen molar-refractivity contribution in [3.8, 4) is 17.0 Å². The van der Waals surface area contributed by atoms with E-state index in [4.69, 9.17) is 4.74 Å². The van der Waals surface area contributed by atoms with Crippen LogP contribution in [-0.2, 0) is 0 Å². The van der Waals surface area contributed by atoms with Crippen molar-refractivity contribution < 1.29 is 4.74 Å². The summed E-state index contributed by atoms with van der Waals surface area (Å²) in [7, 11) is 1.64. The van der Waals surface area contributed by atoms with Crippen LogP contribution in [0.1, 0.15) is 11.8 Å². The van der Waals surface area contributed by atoms with Gasteiger partial charge in [-0.1, -0.05) is 0 Å². The third-order valence-corrected chi connectivity index (χ3v) is 3.22. The summed E-state index contributed by atoms with van der Waals surface area (Å²) in [5.41, 5.74) is 1.91. The number of rotatable bonds is 4. The second-order valence-corrected chi connectivity index (χ2v) is 4.70. The third-order valence-electron chi connectivity index (χ3n) is 2.36. The van der Waals surface area contributed by atoms with Crippen LogP contribution in [0, 0.1) is 6.92 Å². The number of ether oxygens (including phenoxy) is 1. The molecule has 2 heterocycles. The van der Waals surface area contributed by atoms with Crippen molar-refractivity contribution in [1.29, 1.82) is 0 Å². The van der Waals surface area contributed by atoms with Crippen LogP contribution in [0.5, 0.6) is 5.75 Å². The molecule has 0 amide bonds. The summed E-state index contributed by atoms with van der Waals surface area (Å²) < 4.78 is 5.41. The summed E-state index contributed by atoms with van der Waals surface area (Å²) in [5.74, 6) is 1.44. The lowest BCUT2D eigenvalue weighted by Crippen LogP contribution is -2.04. The average Bonchev–Trinajstić information content (AvgIpc) is 2.76. The molecule has 2 rings (SSSR count). The average molecular weight is 249 g/mol. The van der Waals surface area contributed by atoms with Crippen molar-refractivity contribution in [3.63, 3.8) is 0 Å². The number of nitrogens with zero attached hydrogens (tertiary/aromatic N) is 2. The van der Waals surface area contributed by atoms with Crippen LogP contribution in [0.15, 0.2) is 17.8 Å². The van der Waals surface area contributed by atoms with E-state index in [1.807, 2.05) is 6.92 Å². The van der Waals surface area contributed by atoms with Gasteiger partial charge in [-0.25, -0.2) is 9.97 Å². The van der Waals surface area contributed by atoms with Gasteiger partial charge in [0.05, 0.1) is 7.11 Å². The Morgan fingerprint density at radius 2 is 2.24 bits per heavy atom. The highest BCUT2D eigenvalue weighted by Crippen LogP contribution is 2.34. The second-order valence-electron chi connectivity index (χ2n) is 3.58. The molecule has 2 aromatic rings. The zero-order valence-corrected chi connectivity index (χ0v) is 11.0. The van der Waals surface area contributed by atoms with Gasteiger partial charge in [-0.3, -0.25) is 0 Å². The molecule has 0 unspecified atom stereocenters. The maximum atomic E-state index is 5.41. The van der Waals surface area contributed by atoms with E-state index < -0.39 is 0 Å². The Morgan fingerprint density at radius 1 is 1.41 bits per heavy atom. The van der Waals surface area contributed by atoms with E-state index >= 15 is 0 Å². The Labute approximate surface area is 105 Å². The largest absolute Gasteiger partial charge is 0.491 e. The lowest BCUT2D eigenvalue weighted by atomic mass is 10.2. The van der Waals surface area contributed by atoms with Crippen molar-refractivity contribution in [2.45, 2.75) is 13.8 Å². The Kier molecular flexibility index (Phi) is 3.58. The van der Waals surface area contributed by atoms with Crippen molar-refractivity contribution in [3.05, 3.63) is 22.7 Å². The Balaban J connectivity index is 2.49. The van der Waals surface area contributed by atoms with Crippen LogP contribution in [0.3, 0.4) is 0 Å². The first kappa shape index (κ1) is 11.9. The fourth-order valence-corrected chi connectivity index (χ4v) is 2.32. The monoisotopic (exact) mass is 249 g/mol. The van der Waals surface area contributed by atoms with Gasteiger partial charge in [-0.2, -0.15) is 0 Å². The zero-order chi connectivity index (χ0) is 12.3. The summed E-state index contributed by atoms with van der Waals surface area (Å²) in [6.07, 6.45) is 1.56. The van der Waals surface area contributed by atoms with Crippen LogP contribution >= 0.6 is 11.3 Å². The quantitative estimate of drug-likeness (QED) is 0.905. The van der Waals surface area contributed by atoms with Crippen LogP contribution in [0.25, 0.3) is 11.3 Å². The van der Waals surface area contributed by atoms with Gasteiger partial charge in [0.1, 0.15) is 12.0 Å². The molecule has 0 atom stereocenters. The highest BCUT2D eigenvalue weighted by atomic mass is 32.1. The molecule has 0 spiro atoms. The Bertz CT molecular complexity index is 510. The third kappa shape index (κ3) is 2.39. The molecule has 0 bridgehead atoms. The molecule has 0 saturated heterocycles. The van der Waals surface area contributed by atoms with Gasteiger partial charge >= 0.3 is 0 Å². The van der Waals surface area contributed by atoms with E-state index in [9.17, 15) is 0 Å². The molecule has 2 aromatic heterocycles. The summed E-state index contributed by atoms with van der Waals surface area (Å²) in [5, 5.41) is 5.25. The van der Waals surface area contributed by atoms with Crippen LogP contribution < -0.4 is 10.1 Å². The first-order valence-corrected chi connectivity index (χ1v) is 6.32. The molecule has 1 N–H and O–H groups in total. The molecule has 0 radical (unpaired) electrons. The van der Waals surface area contributed by atoms with E-state index in [0.29, 0.717) is 5.75 Å². The fraction of sp³-hybridized carbons (Fsp3) is 0.333. The van der Waals surface area contributed by atoms with Crippen molar-refractivity contribution >= 4 is 17.2 Å². The summed E-state index contributed by atoms with van der Waals surface area (Å²) in [6, 6.07) is 2.10. The van der Waals surface area contributed by atoms with Gasteiger partial charge in [-0.15, -0.1) is 11.3 Å². The minimum atomic E-state index is 0.701. The molecule has 4 nitrogen and oxygen atoms in total. The standard InChI is InChI=1S/C12H15N3OS/c1-4-13-12-11(16-3)10(14-7-15-12)9-5-8(2)17-6-9/h5-7H,4H2,1-3H3,(H,13,14,15). The predicted octanol–water partition coefficient (Wildman–Crippen LogP) is 2.95. The summed E-state index contributed by atoms with van der Waals surface area (Å²) >= 11 is 1.70. The fourth-order valence-electron chi connectivity index (χ4n) is 1.63. The van der Waals surface area contributed by atoms with Crippen LogP contribution in [0.2, 0.25) is 0 Å². The number of hydrogen-bond donors (Lipinski definition) is 1. The van der Waals surface area contributed by atoms with Gasteiger partial charge in [0.15, 0.2) is 11.6 Å².